The second-order valence-corrected chi connectivity index (χ2v) is 4.13. The van der Waals surface area contributed by atoms with Crippen LogP contribution in [0.25, 0.3) is 0 Å². The molecule has 0 heterocycles. The molecule has 0 N–H and O–H groups in total. The molecule has 0 unspecified atom stereocenters. The third-order valence-corrected chi connectivity index (χ3v) is 2.16. The molecule has 0 saturated carbocycles. The number of hydrogen-bond donors (Lipinski definition) is 0. The van der Waals surface area contributed by atoms with Crippen LogP contribution in [0.5, 0.6) is 0 Å². The molecule has 3 nitrogen and oxygen atoms in total. The van der Waals surface area contributed by atoms with Gasteiger partial charge in [-0.2, -0.15) is 0 Å². The van der Waals surface area contributed by atoms with Crippen LogP contribution >= 0.6 is 0 Å². The summed E-state index contributed by atoms with van der Waals surface area (Å²) >= 11 is 0. The zero-order chi connectivity index (χ0) is 11.5. The lowest BCUT2D eigenvalue weighted by atomic mass is 10.0. The molecule has 0 aliphatic rings. The largest absolute Gasteiger partial charge is 0.508 e. The fourth-order valence-electron chi connectivity index (χ4n) is 1.32. The van der Waals surface area contributed by atoms with Crippen LogP contribution in [0.1, 0.15) is 52.9 Å². The third kappa shape index (κ3) is 11.2. The molecule has 0 aliphatic carbocycles. The van der Waals surface area contributed by atoms with Gasteiger partial charge in [0, 0.05) is 0 Å². The van der Waals surface area contributed by atoms with E-state index in [1.807, 2.05) is 0 Å². The Labute approximate surface area is 93.1 Å². The van der Waals surface area contributed by atoms with Gasteiger partial charge in [0.1, 0.15) is 0 Å². The van der Waals surface area contributed by atoms with Gasteiger partial charge in [-0.15, -0.1) is 0 Å². The first kappa shape index (κ1) is 14.3. The van der Waals surface area contributed by atoms with Crippen molar-refractivity contribution in [2.45, 2.75) is 52.9 Å². The van der Waals surface area contributed by atoms with Gasteiger partial charge in [0.15, 0.2) is 0 Å². The monoisotopic (exact) mass is 216 g/mol. The molecule has 0 atom stereocenters. The molecule has 0 fully saturated rings. The Kier molecular flexibility index (Phi) is 9.33. The Bertz CT molecular complexity index is 155. The van der Waals surface area contributed by atoms with Crippen molar-refractivity contribution in [3.05, 3.63) is 0 Å². The molecule has 0 spiro atoms. The minimum Gasteiger partial charge on any atom is -0.435 e. The van der Waals surface area contributed by atoms with Crippen LogP contribution in [-0.4, -0.2) is 19.4 Å². The lowest BCUT2D eigenvalue weighted by Crippen LogP contribution is -2.07. The highest BCUT2D eigenvalue weighted by molar-refractivity contribution is 5.59. The molecule has 0 aromatic rings. The first-order chi connectivity index (χ1) is 7.16. The van der Waals surface area contributed by atoms with Gasteiger partial charge in [-0.25, -0.2) is 4.79 Å². The van der Waals surface area contributed by atoms with Gasteiger partial charge in [0.2, 0.25) is 0 Å². The van der Waals surface area contributed by atoms with E-state index in [2.05, 4.69) is 18.6 Å². The Morgan fingerprint density at radius 1 is 1.07 bits per heavy atom. The topological polar surface area (TPSA) is 35.5 Å². The summed E-state index contributed by atoms with van der Waals surface area (Å²) in [7, 11) is 0. The molecule has 0 bridgehead atoms. The third-order valence-electron chi connectivity index (χ3n) is 2.16. The fraction of sp³-hybridized carbons (Fsp3) is 0.917. The van der Waals surface area contributed by atoms with Gasteiger partial charge >= 0.3 is 6.16 Å². The zero-order valence-electron chi connectivity index (χ0n) is 10.3. The molecule has 0 saturated heterocycles. The minimum absolute atomic E-state index is 0.382. The Hall–Kier alpha value is -0.730. The zero-order valence-corrected chi connectivity index (χ0v) is 10.3. The number of carbonyl (C=O) groups excluding carboxylic acids is 1. The maximum Gasteiger partial charge on any atom is 0.508 e. The summed E-state index contributed by atoms with van der Waals surface area (Å²) in [6.45, 7) is 7.12. The van der Waals surface area contributed by atoms with Crippen molar-refractivity contribution in [2.24, 2.45) is 5.92 Å². The van der Waals surface area contributed by atoms with Crippen molar-refractivity contribution >= 4 is 6.16 Å². The summed E-state index contributed by atoms with van der Waals surface area (Å²) in [6, 6.07) is 0. The Morgan fingerprint density at radius 2 is 1.73 bits per heavy atom. The molecular weight excluding hydrogens is 192 g/mol. The highest BCUT2D eigenvalue weighted by atomic mass is 16.7. The van der Waals surface area contributed by atoms with Gasteiger partial charge < -0.3 is 9.47 Å². The van der Waals surface area contributed by atoms with Crippen molar-refractivity contribution < 1.29 is 14.3 Å². The summed E-state index contributed by atoms with van der Waals surface area (Å²) < 4.78 is 9.49. The smallest absolute Gasteiger partial charge is 0.435 e. The molecule has 0 amide bonds. The van der Waals surface area contributed by atoms with Crippen LogP contribution in [0, 0.1) is 5.92 Å². The molecule has 15 heavy (non-hydrogen) atoms. The molecular formula is C12H24O3. The Morgan fingerprint density at radius 3 is 2.33 bits per heavy atom. The van der Waals surface area contributed by atoms with Crippen LogP contribution in [0.3, 0.4) is 0 Å². The second-order valence-electron chi connectivity index (χ2n) is 4.13. The van der Waals surface area contributed by atoms with E-state index in [0.29, 0.717) is 13.2 Å². The SMILES string of the molecule is CCOC(=O)OCCCCCCC(C)C. The maximum atomic E-state index is 10.8. The molecule has 90 valence electrons. The molecule has 0 radical (unpaired) electrons. The normalized spacial score (nSPS) is 10.4. The second kappa shape index (κ2) is 9.81. The van der Waals surface area contributed by atoms with Gasteiger partial charge in [0.05, 0.1) is 13.2 Å². The summed E-state index contributed by atoms with van der Waals surface area (Å²) in [4.78, 5) is 10.8. The predicted molar refractivity (Wildman–Crippen MR) is 60.9 cm³/mol. The average Bonchev–Trinajstić information content (AvgIpc) is 2.16. The van der Waals surface area contributed by atoms with Crippen LogP contribution in [0.2, 0.25) is 0 Å². The number of carbonyl (C=O) groups is 1. The predicted octanol–water partition coefficient (Wildman–Crippen LogP) is 3.77. The summed E-state index contributed by atoms with van der Waals surface area (Å²) in [6.07, 6.45) is 5.32. The lowest BCUT2D eigenvalue weighted by molar-refractivity contribution is 0.0578. The van der Waals surface area contributed by atoms with Crippen LogP contribution in [-0.2, 0) is 9.47 Å². The quantitative estimate of drug-likeness (QED) is 0.457. The maximum absolute atomic E-state index is 10.8. The van der Waals surface area contributed by atoms with Crippen LogP contribution < -0.4 is 0 Å². The minimum atomic E-state index is -0.542. The van der Waals surface area contributed by atoms with E-state index in [1.165, 1.54) is 19.3 Å². The summed E-state index contributed by atoms with van der Waals surface area (Å²) in [5.41, 5.74) is 0. The Balaban J connectivity index is 3.08. The van der Waals surface area contributed by atoms with Gasteiger partial charge in [-0.05, 0) is 19.3 Å². The summed E-state index contributed by atoms with van der Waals surface area (Å²) in [5, 5.41) is 0. The van der Waals surface area contributed by atoms with E-state index in [0.717, 1.165) is 18.8 Å². The molecule has 0 aliphatic heterocycles. The van der Waals surface area contributed by atoms with Crippen molar-refractivity contribution in [3.8, 4) is 0 Å². The van der Waals surface area contributed by atoms with Gasteiger partial charge in [-0.3, -0.25) is 0 Å². The molecule has 0 rings (SSSR count). The fourth-order valence-corrected chi connectivity index (χ4v) is 1.32. The highest BCUT2D eigenvalue weighted by Gasteiger charge is 2.00. The van der Waals surface area contributed by atoms with Crippen LogP contribution in [0.15, 0.2) is 0 Å². The van der Waals surface area contributed by atoms with E-state index in [4.69, 9.17) is 4.74 Å². The number of hydrogen-bond acceptors (Lipinski definition) is 3. The van der Waals surface area contributed by atoms with Crippen molar-refractivity contribution in [3.63, 3.8) is 0 Å². The van der Waals surface area contributed by atoms with Crippen molar-refractivity contribution in [1.29, 1.82) is 0 Å². The van der Waals surface area contributed by atoms with E-state index in [9.17, 15) is 4.79 Å². The average molecular weight is 216 g/mol. The van der Waals surface area contributed by atoms with E-state index >= 15 is 0 Å². The highest BCUT2D eigenvalue weighted by Crippen LogP contribution is 2.09. The number of unbranched alkanes of at least 4 members (excludes halogenated alkanes) is 3. The lowest BCUT2D eigenvalue weighted by Gasteiger charge is -2.05. The summed E-state index contributed by atoms with van der Waals surface area (Å²) in [5.74, 6) is 0.792. The first-order valence-corrected chi connectivity index (χ1v) is 5.96. The molecule has 3 heteroatoms. The number of ether oxygens (including phenoxy) is 2. The van der Waals surface area contributed by atoms with E-state index in [1.54, 1.807) is 6.92 Å². The first-order valence-electron chi connectivity index (χ1n) is 5.96. The van der Waals surface area contributed by atoms with Crippen molar-refractivity contribution in [2.75, 3.05) is 13.2 Å². The van der Waals surface area contributed by atoms with Gasteiger partial charge in [0.25, 0.3) is 0 Å². The van der Waals surface area contributed by atoms with Crippen molar-refractivity contribution in [1.82, 2.24) is 0 Å². The molecule has 0 aromatic carbocycles. The van der Waals surface area contributed by atoms with Crippen LogP contribution in [0.4, 0.5) is 4.79 Å². The van der Waals surface area contributed by atoms with E-state index in [-0.39, 0.29) is 0 Å². The van der Waals surface area contributed by atoms with E-state index < -0.39 is 6.16 Å². The molecule has 0 aromatic heterocycles. The standard InChI is InChI=1S/C12H24O3/c1-4-14-12(13)15-10-8-6-5-7-9-11(2)3/h11H,4-10H2,1-3H3. The number of rotatable bonds is 8. The van der Waals surface area contributed by atoms with Gasteiger partial charge in [-0.1, -0.05) is 39.5 Å².